The van der Waals surface area contributed by atoms with E-state index < -0.39 is 0 Å². The van der Waals surface area contributed by atoms with E-state index in [1.165, 1.54) is 11.1 Å². The first-order chi connectivity index (χ1) is 10.6. The molecular formula is C16H23N5O. The Labute approximate surface area is 131 Å². The predicted molar refractivity (Wildman–Crippen MR) is 86.8 cm³/mol. The fourth-order valence-electron chi connectivity index (χ4n) is 2.06. The highest BCUT2D eigenvalue weighted by atomic mass is 16.5. The van der Waals surface area contributed by atoms with Crippen LogP contribution in [0.5, 0.6) is 0 Å². The van der Waals surface area contributed by atoms with Crippen molar-refractivity contribution < 1.29 is 4.52 Å². The molecule has 0 aliphatic carbocycles. The van der Waals surface area contributed by atoms with Crippen LogP contribution in [0.25, 0.3) is 0 Å². The molecule has 0 amide bonds. The number of hydrogen-bond acceptors (Lipinski definition) is 4. The van der Waals surface area contributed by atoms with Crippen LogP contribution in [0, 0.1) is 13.8 Å². The molecule has 6 heteroatoms. The van der Waals surface area contributed by atoms with Gasteiger partial charge in [-0.25, -0.2) is 0 Å². The van der Waals surface area contributed by atoms with Gasteiger partial charge in [-0.2, -0.15) is 4.98 Å². The zero-order chi connectivity index (χ0) is 15.9. The van der Waals surface area contributed by atoms with Gasteiger partial charge in [0, 0.05) is 20.5 Å². The van der Waals surface area contributed by atoms with Crippen molar-refractivity contribution in [2.45, 2.75) is 33.2 Å². The van der Waals surface area contributed by atoms with E-state index in [2.05, 4.69) is 63.9 Å². The minimum atomic E-state index is 0.395. The first-order valence-electron chi connectivity index (χ1n) is 7.38. The molecule has 6 nitrogen and oxygen atoms in total. The second-order valence-corrected chi connectivity index (χ2v) is 5.35. The van der Waals surface area contributed by atoms with Gasteiger partial charge in [0.2, 0.25) is 5.89 Å². The molecule has 0 radical (unpaired) electrons. The average Bonchev–Trinajstić information content (AvgIpc) is 2.93. The molecule has 0 aliphatic rings. The van der Waals surface area contributed by atoms with Gasteiger partial charge in [0.25, 0.3) is 0 Å². The molecule has 1 aromatic carbocycles. The fraction of sp³-hybridized carbons (Fsp3) is 0.438. The lowest BCUT2D eigenvalue weighted by atomic mass is 10.0. The first-order valence-corrected chi connectivity index (χ1v) is 7.38. The molecule has 0 spiro atoms. The summed E-state index contributed by atoms with van der Waals surface area (Å²) in [6.45, 7) is 7.34. The summed E-state index contributed by atoms with van der Waals surface area (Å²) in [5.74, 6) is 2.30. The largest absolute Gasteiger partial charge is 0.356 e. The molecule has 1 atom stereocenters. The van der Waals surface area contributed by atoms with E-state index in [1.807, 2.05) is 0 Å². The third-order valence-corrected chi connectivity index (χ3v) is 3.43. The summed E-state index contributed by atoms with van der Waals surface area (Å²) >= 11 is 0. The minimum absolute atomic E-state index is 0.395. The zero-order valence-corrected chi connectivity index (χ0v) is 13.6. The Bertz CT molecular complexity index is 618. The molecule has 0 aliphatic heterocycles. The second-order valence-electron chi connectivity index (χ2n) is 5.35. The average molecular weight is 301 g/mol. The second kappa shape index (κ2) is 7.59. The molecule has 0 fully saturated rings. The van der Waals surface area contributed by atoms with E-state index in [0.717, 1.165) is 12.5 Å². The lowest BCUT2D eigenvalue weighted by molar-refractivity contribution is 0.386. The Hall–Kier alpha value is -2.37. The molecule has 1 heterocycles. The molecule has 118 valence electrons. The number of aryl methyl sites for hydroxylation is 2. The summed E-state index contributed by atoms with van der Waals surface area (Å²) in [7, 11) is 1.74. The van der Waals surface area contributed by atoms with E-state index in [-0.39, 0.29) is 0 Å². The maximum absolute atomic E-state index is 4.93. The van der Waals surface area contributed by atoms with Gasteiger partial charge >= 0.3 is 0 Å². The lowest BCUT2D eigenvalue weighted by Gasteiger charge is -2.16. The molecule has 0 saturated heterocycles. The number of aromatic nitrogens is 2. The lowest BCUT2D eigenvalue weighted by Crippen LogP contribution is -2.38. The van der Waals surface area contributed by atoms with Crippen LogP contribution < -0.4 is 10.6 Å². The van der Waals surface area contributed by atoms with Crippen LogP contribution in [0.2, 0.25) is 0 Å². The molecule has 1 aromatic heterocycles. The third-order valence-electron chi connectivity index (χ3n) is 3.43. The standard InChI is InChI=1S/C16H23N5O/c1-11-5-7-14(8-6-11)12(2)9-18-16(17-4)19-10-15-20-13(3)22-21-15/h5-8,12H,9-10H2,1-4H3,(H2,17,18,19). The van der Waals surface area contributed by atoms with Crippen LogP contribution in [-0.4, -0.2) is 29.7 Å². The van der Waals surface area contributed by atoms with Crippen molar-refractivity contribution in [3.05, 3.63) is 47.1 Å². The summed E-state index contributed by atoms with van der Waals surface area (Å²) in [5.41, 5.74) is 2.58. The summed E-state index contributed by atoms with van der Waals surface area (Å²) in [6.07, 6.45) is 0. The van der Waals surface area contributed by atoms with E-state index in [9.17, 15) is 0 Å². The normalized spacial score (nSPS) is 13.0. The van der Waals surface area contributed by atoms with Crippen molar-refractivity contribution in [1.29, 1.82) is 0 Å². The SMILES string of the molecule is CN=C(NCc1noc(C)n1)NCC(C)c1ccc(C)cc1. The summed E-state index contributed by atoms with van der Waals surface area (Å²) < 4.78 is 4.93. The van der Waals surface area contributed by atoms with Crippen LogP contribution in [0.3, 0.4) is 0 Å². The van der Waals surface area contributed by atoms with Crippen LogP contribution in [0.4, 0.5) is 0 Å². The van der Waals surface area contributed by atoms with Crippen molar-refractivity contribution in [2.24, 2.45) is 4.99 Å². The molecule has 2 rings (SSSR count). The number of nitrogens with zero attached hydrogens (tertiary/aromatic N) is 3. The van der Waals surface area contributed by atoms with Crippen LogP contribution in [0.15, 0.2) is 33.8 Å². The van der Waals surface area contributed by atoms with E-state index in [4.69, 9.17) is 4.52 Å². The molecular weight excluding hydrogens is 278 g/mol. The Kier molecular flexibility index (Phi) is 5.52. The molecule has 22 heavy (non-hydrogen) atoms. The number of benzene rings is 1. The van der Waals surface area contributed by atoms with Gasteiger partial charge in [0.1, 0.15) is 0 Å². The Morgan fingerprint density at radius 1 is 1.23 bits per heavy atom. The van der Waals surface area contributed by atoms with Crippen LogP contribution >= 0.6 is 0 Å². The van der Waals surface area contributed by atoms with Gasteiger partial charge in [-0.15, -0.1) is 0 Å². The molecule has 0 bridgehead atoms. The predicted octanol–water partition coefficient (Wildman–Crippen LogP) is 2.16. The van der Waals surface area contributed by atoms with E-state index >= 15 is 0 Å². The number of nitrogens with one attached hydrogen (secondary N) is 2. The monoisotopic (exact) mass is 301 g/mol. The Morgan fingerprint density at radius 3 is 2.55 bits per heavy atom. The van der Waals surface area contributed by atoms with Gasteiger partial charge in [0.05, 0.1) is 6.54 Å². The fourth-order valence-corrected chi connectivity index (χ4v) is 2.06. The number of hydrogen-bond donors (Lipinski definition) is 2. The molecule has 1 unspecified atom stereocenters. The van der Waals surface area contributed by atoms with Gasteiger partial charge in [-0.1, -0.05) is 41.9 Å². The molecule has 0 saturated carbocycles. The third kappa shape index (κ3) is 4.58. The van der Waals surface area contributed by atoms with E-state index in [1.54, 1.807) is 14.0 Å². The Balaban J connectivity index is 1.81. The van der Waals surface area contributed by atoms with Gasteiger partial charge < -0.3 is 15.2 Å². The van der Waals surface area contributed by atoms with Crippen LogP contribution in [-0.2, 0) is 6.54 Å². The highest BCUT2D eigenvalue weighted by molar-refractivity contribution is 5.79. The van der Waals surface area contributed by atoms with E-state index in [0.29, 0.717) is 24.2 Å². The summed E-state index contributed by atoms with van der Waals surface area (Å²) in [5, 5.41) is 10.3. The molecule has 2 N–H and O–H groups in total. The highest BCUT2D eigenvalue weighted by Crippen LogP contribution is 2.14. The van der Waals surface area contributed by atoms with Crippen molar-refractivity contribution >= 4 is 5.96 Å². The summed E-state index contributed by atoms with van der Waals surface area (Å²) in [4.78, 5) is 8.34. The van der Waals surface area contributed by atoms with Crippen molar-refractivity contribution in [3.63, 3.8) is 0 Å². The zero-order valence-electron chi connectivity index (χ0n) is 13.6. The van der Waals surface area contributed by atoms with Crippen molar-refractivity contribution in [2.75, 3.05) is 13.6 Å². The van der Waals surface area contributed by atoms with Gasteiger partial charge in [-0.3, -0.25) is 4.99 Å². The van der Waals surface area contributed by atoms with Gasteiger partial charge in [0.15, 0.2) is 11.8 Å². The quantitative estimate of drug-likeness (QED) is 0.654. The number of guanidine groups is 1. The summed E-state index contributed by atoms with van der Waals surface area (Å²) in [6, 6.07) is 8.61. The van der Waals surface area contributed by atoms with Crippen molar-refractivity contribution in [1.82, 2.24) is 20.8 Å². The van der Waals surface area contributed by atoms with Crippen molar-refractivity contribution in [3.8, 4) is 0 Å². The maximum atomic E-state index is 4.93. The number of aliphatic imine (C=N–C) groups is 1. The number of rotatable bonds is 5. The van der Waals surface area contributed by atoms with Gasteiger partial charge in [-0.05, 0) is 18.4 Å². The topological polar surface area (TPSA) is 75.3 Å². The van der Waals surface area contributed by atoms with Crippen LogP contribution in [0.1, 0.15) is 35.7 Å². The molecule has 2 aromatic rings. The maximum Gasteiger partial charge on any atom is 0.223 e. The Morgan fingerprint density at radius 2 is 1.95 bits per heavy atom. The smallest absolute Gasteiger partial charge is 0.223 e. The first kappa shape index (κ1) is 16.0. The minimum Gasteiger partial charge on any atom is -0.356 e. The highest BCUT2D eigenvalue weighted by Gasteiger charge is 2.07.